The Bertz CT molecular complexity index is 873. The van der Waals surface area contributed by atoms with E-state index in [9.17, 15) is 14.4 Å². The van der Waals surface area contributed by atoms with Crippen LogP contribution in [0.4, 0.5) is 11.5 Å². The Morgan fingerprint density at radius 1 is 1.21 bits per heavy atom. The van der Waals surface area contributed by atoms with Gasteiger partial charge in [-0.2, -0.15) is 10.1 Å². The third kappa shape index (κ3) is 3.37. The summed E-state index contributed by atoms with van der Waals surface area (Å²) in [5, 5.41) is 7.91. The molecule has 8 heteroatoms. The second-order valence-electron chi connectivity index (χ2n) is 5.30. The molecule has 2 aromatic rings. The third-order valence-corrected chi connectivity index (χ3v) is 3.42. The van der Waals surface area contributed by atoms with Gasteiger partial charge in [-0.05, 0) is 19.1 Å². The predicted molar refractivity (Wildman–Crippen MR) is 88.8 cm³/mol. The lowest BCUT2D eigenvalue weighted by Gasteiger charge is -2.22. The van der Waals surface area contributed by atoms with Gasteiger partial charge in [0.2, 0.25) is 5.91 Å². The fourth-order valence-electron chi connectivity index (χ4n) is 2.32. The number of hydrogen-bond donors (Lipinski definition) is 2. The van der Waals surface area contributed by atoms with E-state index in [4.69, 9.17) is 0 Å². The summed E-state index contributed by atoms with van der Waals surface area (Å²) >= 11 is 0. The van der Waals surface area contributed by atoms with Gasteiger partial charge in [0, 0.05) is 24.6 Å². The average Bonchev–Trinajstić information content (AvgIpc) is 2.55. The van der Waals surface area contributed by atoms with E-state index in [0.29, 0.717) is 11.4 Å². The van der Waals surface area contributed by atoms with Gasteiger partial charge in [-0.1, -0.05) is 18.2 Å². The highest BCUT2D eigenvalue weighted by molar-refractivity contribution is 6.44. The molecular formula is C16H15N5O3. The predicted octanol–water partition coefficient (Wildman–Crippen LogP) is 1.20. The van der Waals surface area contributed by atoms with Gasteiger partial charge in [0.05, 0.1) is 5.69 Å². The van der Waals surface area contributed by atoms with Crippen molar-refractivity contribution in [2.45, 2.75) is 19.8 Å². The average molecular weight is 325 g/mol. The number of hydrogen-bond acceptors (Lipinski definition) is 5. The zero-order chi connectivity index (χ0) is 17.1. The number of carbonyl (C=O) groups is 2. The highest BCUT2D eigenvalue weighted by atomic mass is 16.2. The van der Waals surface area contributed by atoms with Crippen molar-refractivity contribution in [3.05, 3.63) is 52.6 Å². The largest absolute Gasteiger partial charge is 0.347 e. The van der Waals surface area contributed by atoms with E-state index in [1.165, 1.54) is 5.01 Å². The van der Waals surface area contributed by atoms with Crippen molar-refractivity contribution in [3.63, 3.8) is 0 Å². The molecule has 0 atom stereocenters. The van der Waals surface area contributed by atoms with Crippen molar-refractivity contribution >= 4 is 29.0 Å². The lowest BCUT2D eigenvalue weighted by molar-refractivity contribution is -0.118. The fourth-order valence-corrected chi connectivity index (χ4v) is 2.32. The summed E-state index contributed by atoms with van der Waals surface area (Å²) < 4.78 is 0. The third-order valence-electron chi connectivity index (χ3n) is 3.42. The molecule has 0 saturated heterocycles. The molecule has 1 aromatic heterocycles. The van der Waals surface area contributed by atoms with E-state index in [2.05, 4.69) is 20.4 Å². The monoisotopic (exact) mass is 325 g/mol. The minimum Gasteiger partial charge on any atom is -0.310 e. The highest BCUT2D eigenvalue weighted by Crippen LogP contribution is 2.20. The first kappa shape index (κ1) is 15.6. The number of nitrogens with zero attached hydrogens (tertiary/aromatic N) is 3. The molecular weight excluding hydrogens is 310 g/mol. The zero-order valence-electron chi connectivity index (χ0n) is 12.9. The van der Waals surface area contributed by atoms with Crippen LogP contribution in [0.1, 0.15) is 18.5 Å². The van der Waals surface area contributed by atoms with Gasteiger partial charge in [-0.25, -0.2) is 9.80 Å². The van der Waals surface area contributed by atoms with Gasteiger partial charge in [0.15, 0.2) is 0 Å². The maximum atomic E-state index is 12.3. The van der Waals surface area contributed by atoms with Gasteiger partial charge < -0.3 is 10.3 Å². The first-order chi connectivity index (χ1) is 11.5. The number of H-pyrrole nitrogens is 1. The molecule has 2 N–H and O–H groups in total. The standard InChI is InChI=1S/C16H15N5O3/c1-10-9-13(19-16(24)17-10)18-15(23)12-7-8-14(22)21(20-12)11-5-3-2-4-6-11/h2-6,9H,7-8H2,1H3,(H2,17,18,19,23,24). The molecule has 3 rings (SSSR count). The number of aromatic amines is 1. The molecule has 8 nitrogen and oxygen atoms in total. The van der Waals surface area contributed by atoms with Crippen molar-refractivity contribution < 1.29 is 9.59 Å². The van der Waals surface area contributed by atoms with E-state index < -0.39 is 11.6 Å². The van der Waals surface area contributed by atoms with Crippen molar-refractivity contribution in [1.29, 1.82) is 0 Å². The molecule has 0 saturated carbocycles. The number of rotatable bonds is 3. The van der Waals surface area contributed by atoms with Crippen molar-refractivity contribution in [2.75, 3.05) is 10.3 Å². The summed E-state index contributed by atoms with van der Waals surface area (Å²) in [5.41, 5.74) is 0.838. The van der Waals surface area contributed by atoms with E-state index in [1.54, 1.807) is 37.3 Å². The lowest BCUT2D eigenvalue weighted by Crippen LogP contribution is -2.36. The maximum Gasteiger partial charge on any atom is 0.347 e. The summed E-state index contributed by atoms with van der Waals surface area (Å²) in [6, 6.07) is 10.4. The van der Waals surface area contributed by atoms with Crippen LogP contribution in [-0.2, 0) is 9.59 Å². The van der Waals surface area contributed by atoms with Crippen molar-refractivity contribution in [2.24, 2.45) is 5.10 Å². The van der Waals surface area contributed by atoms with Crippen LogP contribution < -0.4 is 16.0 Å². The number of aryl methyl sites for hydroxylation is 1. The normalized spacial score (nSPS) is 14.3. The molecule has 0 aliphatic carbocycles. The first-order valence-electron chi connectivity index (χ1n) is 7.38. The molecule has 0 unspecified atom stereocenters. The van der Waals surface area contributed by atoms with Crippen LogP contribution in [-0.4, -0.2) is 27.5 Å². The van der Waals surface area contributed by atoms with Gasteiger partial charge in [-0.3, -0.25) is 9.59 Å². The number of aromatic nitrogens is 2. The number of benzene rings is 1. The van der Waals surface area contributed by atoms with Crippen molar-refractivity contribution in [3.8, 4) is 0 Å². The summed E-state index contributed by atoms with van der Waals surface area (Å²) in [6.07, 6.45) is 0.416. The van der Waals surface area contributed by atoms with Crippen LogP contribution >= 0.6 is 0 Å². The molecule has 0 fully saturated rings. The molecule has 0 spiro atoms. The number of hydrazone groups is 1. The summed E-state index contributed by atoms with van der Waals surface area (Å²) in [6.45, 7) is 1.69. The van der Waals surface area contributed by atoms with Gasteiger partial charge in [-0.15, -0.1) is 0 Å². The molecule has 24 heavy (non-hydrogen) atoms. The Balaban J connectivity index is 1.84. The zero-order valence-corrected chi connectivity index (χ0v) is 12.9. The SMILES string of the molecule is Cc1cc(NC(=O)C2=NN(c3ccccc3)C(=O)CC2)nc(=O)[nH]1. The van der Waals surface area contributed by atoms with Gasteiger partial charge >= 0.3 is 5.69 Å². The smallest absolute Gasteiger partial charge is 0.310 e. The minimum atomic E-state index is -0.544. The maximum absolute atomic E-state index is 12.3. The highest BCUT2D eigenvalue weighted by Gasteiger charge is 2.25. The van der Waals surface area contributed by atoms with E-state index in [0.717, 1.165) is 0 Å². The minimum absolute atomic E-state index is 0.145. The topological polar surface area (TPSA) is 108 Å². The second kappa shape index (κ2) is 6.45. The molecule has 122 valence electrons. The van der Waals surface area contributed by atoms with E-state index >= 15 is 0 Å². The molecule has 1 aromatic carbocycles. The van der Waals surface area contributed by atoms with Crippen LogP contribution in [0.5, 0.6) is 0 Å². The summed E-state index contributed by atoms with van der Waals surface area (Å²) in [4.78, 5) is 41.9. The van der Waals surface area contributed by atoms with E-state index in [-0.39, 0.29) is 30.3 Å². The Labute approximate surface area is 137 Å². The molecule has 0 bridgehead atoms. The van der Waals surface area contributed by atoms with Crippen LogP contribution in [0.2, 0.25) is 0 Å². The molecule has 1 aliphatic rings. The molecule has 2 amide bonds. The van der Waals surface area contributed by atoms with Gasteiger partial charge in [0.1, 0.15) is 11.5 Å². The Kier molecular flexibility index (Phi) is 4.19. The van der Waals surface area contributed by atoms with Crippen LogP contribution in [0, 0.1) is 6.92 Å². The van der Waals surface area contributed by atoms with Crippen LogP contribution in [0.25, 0.3) is 0 Å². The molecule has 1 aliphatic heterocycles. The number of para-hydroxylation sites is 1. The first-order valence-corrected chi connectivity index (χ1v) is 7.38. The number of carbonyl (C=O) groups excluding carboxylic acids is 2. The van der Waals surface area contributed by atoms with E-state index in [1.807, 2.05) is 6.07 Å². The van der Waals surface area contributed by atoms with Crippen molar-refractivity contribution in [1.82, 2.24) is 9.97 Å². The van der Waals surface area contributed by atoms with Crippen LogP contribution in [0.3, 0.4) is 0 Å². The van der Waals surface area contributed by atoms with Crippen LogP contribution in [0.15, 0.2) is 46.3 Å². The number of nitrogens with one attached hydrogen (secondary N) is 2. The Morgan fingerprint density at radius 3 is 2.67 bits per heavy atom. The Hall–Kier alpha value is -3.29. The second-order valence-corrected chi connectivity index (χ2v) is 5.30. The summed E-state index contributed by atoms with van der Waals surface area (Å²) in [7, 11) is 0. The lowest BCUT2D eigenvalue weighted by atomic mass is 10.1. The molecule has 0 radical (unpaired) electrons. The van der Waals surface area contributed by atoms with Gasteiger partial charge in [0.25, 0.3) is 5.91 Å². The fraction of sp³-hybridized carbons (Fsp3) is 0.188. The summed E-state index contributed by atoms with van der Waals surface area (Å²) in [5.74, 6) is -0.518. The molecule has 2 heterocycles. The quantitative estimate of drug-likeness (QED) is 0.884. The number of anilines is 2. The number of amides is 2. The Morgan fingerprint density at radius 2 is 1.96 bits per heavy atom.